The summed E-state index contributed by atoms with van der Waals surface area (Å²) in [5.41, 5.74) is 6.67. The molecule has 3 aromatic carbocycles. The Morgan fingerprint density at radius 3 is 2.57 bits per heavy atom. The lowest BCUT2D eigenvalue weighted by Crippen LogP contribution is -2.20. The molecule has 6 nitrogen and oxygen atoms in total. The molecule has 4 rings (SSSR count). The second-order valence-corrected chi connectivity index (χ2v) is 7.70. The van der Waals surface area contributed by atoms with Crippen molar-refractivity contribution < 1.29 is 14.3 Å². The van der Waals surface area contributed by atoms with Gasteiger partial charge in [0, 0.05) is 9.79 Å². The van der Waals surface area contributed by atoms with Crippen LogP contribution in [0.25, 0.3) is 0 Å². The smallest absolute Gasteiger partial charge is 0.275 e. The molecule has 2 N–H and O–H groups in total. The number of ether oxygens (including phenoxy) is 2. The van der Waals surface area contributed by atoms with E-state index in [0.717, 1.165) is 21.8 Å². The summed E-state index contributed by atoms with van der Waals surface area (Å²) in [6, 6.07) is 19.4. The molecule has 1 amide bonds. The number of hydrogen-bond donors (Lipinski definition) is 2. The number of fused-ring (bicyclic) bond motifs is 2. The highest BCUT2D eigenvalue weighted by atomic mass is 32.2. The van der Waals surface area contributed by atoms with Gasteiger partial charge in [-0.05, 0) is 48.9 Å². The third kappa shape index (κ3) is 3.84. The van der Waals surface area contributed by atoms with E-state index >= 15 is 0 Å². The number of rotatable bonds is 5. The normalized spacial score (nSPS) is 12.3. The molecule has 0 aliphatic carbocycles. The van der Waals surface area contributed by atoms with Crippen molar-refractivity contribution in [2.24, 2.45) is 5.10 Å². The lowest BCUT2D eigenvalue weighted by molar-refractivity contribution is 0.0951. The van der Waals surface area contributed by atoms with Crippen molar-refractivity contribution in [2.75, 3.05) is 19.5 Å². The Kier molecular flexibility index (Phi) is 5.63. The summed E-state index contributed by atoms with van der Waals surface area (Å²) in [5.74, 6) is 0.495. The SMILES string of the molecule is COc1cccc(C(=O)N/N=C(\C)c2ccc3c(c2)Nc2ccccc2S3)c1OC. The molecule has 152 valence electrons. The molecular formula is C23H21N3O3S. The number of hydrazone groups is 1. The minimum Gasteiger partial charge on any atom is -0.493 e. The molecule has 1 aliphatic heterocycles. The average Bonchev–Trinajstić information content (AvgIpc) is 2.79. The predicted octanol–water partition coefficient (Wildman–Crippen LogP) is 5.07. The number of amides is 1. The standard InChI is InChI=1S/C23H21N3O3S/c1-14(25-26-23(27)16-7-6-9-19(28-2)22(16)29-3)15-11-12-21-18(13-15)24-17-8-4-5-10-20(17)30-21/h4-13,24H,1-3H3,(H,26,27)/b25-14+. The summed E-state index contributed by atoms with van der Waals surface area (Å²) in [4.78, 5) is 15.0. The monoisotopic (exact) mass is 419 g/mol. The summed E-state index contributed by atoms with van der Waals surface area (Å²) in [7, 11) is 3.03. The van der Waals surface area contributed by atoms with Crippen LogP contribution in [0.5, 0.6) is 11.5 Å². The Hall–Kier alpha value is -3.45. The zero-order valence-electron chi connectivity index (χ0n) is 16.9. The number of benzene rings is 3. The fourth-order valence-electron chi connectivity index (χ4n) is 3.19. The van der Waals surface area contributed by atoms with E-state index in [4.69, 9.17) is 9.47 Å². The Labute approximate surface area is 179 Å². The molecule has 0 atom stereocenters. The maximum Gasteiger partial charge on any atom is 0.275 e. The van der Waals surface area contributed by atoms with Crippen LogP contribution in [0.1, 0.15) is 22.8 Å². The Morgan fingerprint density at radius 1 is 0.967 bits per heavy atom. The van der Waals surface area contributed by atoms with Crippen molar-refractivity contribution in [3.05, 3.63) is 71.8 Å². The number of hydrogen-bond acceptors (Lipinski definition) is 6. The second-order valence-electron chi connectivity index (χ2n) is 6.61. The van der Waals surface area contributed by atoms with Gasteiger partial charge in [0.2, 0.25) is 0 Å². The van der Waals surface area contributed by atoms with E-state index in [2.05, 4.69) is 34.0 Å². The largest absolute Gasteiger partial charge is 0.493 e. The molecule has 0 fully saturated rings. The van der Waals surface area contributed by atoms with E-state index in [-0.39, 0.29) is 5.91 Å². The third-order valence-corrected chi connectivity index (χ3v) is 5.90. The summed E-state index contributed by atoms with van der Waals surface area (Å²) in [6.45, 7) is 1.86. The number of carbonyl (C=O) groups excluding carboxylic acids is 1. The molecule has 3 aromatic rings. The summed E-state index contributed by atoms with van der Waals surface area (Å²) < 4.78 is 10.6. The highest BCUT2D eigenvalue weighted by molar-refractivity contribution is 7.99. The molecule has 0 bridgehead atoms. The zero-order chi connectivity index (χ0) is 21.1. The first-order chi connectivity index (χ1) is 14.6. The molecule has 0 saturated heterocycles. The van der Waals surface area contributed by atoms with Gasteiger partial charge in [0.05, 0.1) is 36.9 Å². The lowest BCUT2D eigenvalue weighted by Gasteiger charge is -2.21. The van der Waals surface area contributed by atoms with Crippen LogP contribution in [0.4, 0.5) is 11.4 Å². The van der Waals surface area contributed by atoms with Gasteiger partial charge < -0.3 is 14.8 Å². The van der Waals surface area contributed by atoms with E-state index in [9.17, 15) is 4.79 Å². The van der Waals surface area contributed by atoms with E-state index in [1.54, 1.807) is 30.0 Å². The van der Waals surface area contributed by atoms with Gasteiger partial charge in [-0.2, -0.15) is 5.10 Å². The predicted molar refractivity (Wildman–Crippen MR) is 120 cm³/mol. The maximum atomic E-state index is 12.6. The summed E-state index contributed by atoms with van der Waals surface area (Å²) in [5, 5.41) is 7.74. The van der Waals surface area contributed by atoms with Gasteiger partial charge in [-0.3, -0.25) is 4.79 Å². The quantitative estimate of drug-likeness (QED) is 0.349. The van der Waals surface area contributed by atoms with Gasteiger partial charge >= 0.3 is 0 Å². The molecule has 7 heteroatoms. The van der Waals surface area contributed by atoms with Gasteiger partial charge in [0.25, 0.3) is 5.91 Å². The van der Waals surface area contributed by atoms with Crippen LogP contribution in [0.2, 0.25) is 0 Å². The Bertz CT molecular complexity index is 1140. The van der Waals surface area contributed by atoms with Crippen LogP contribution in [0.15, 0.2) is 75.6 Å². The first-order valence-electron chi connectivity index (χ1n) is 9.34. The minimum atomic E-state index is -0.370. The Balaban J connectivity index is 1.53. The van der Waals surface area contributed by atoms with Gasteiger partial charge in [-0.1, -0.05) is 36.0 Å². The number of carbonyl (C=O) groups is 1. The molecule has 0 aromatic heterocycles. The van der Waals surface area contributed by atoms with E-state index < -0.39 is 0 Å². The van der Waals surface area contributed by atoms with Crippen LogP contribution in [-0.2, 0) is 0 Å². The average molecular weight is 420 g/mol. The van der Waals surface area contributed by atoms with Crippen LogP contribution in [-0.4, -0.2) is 25.8 Å². The van der Waals surface area contributed by atoms with Crippen molar-refractivity contribution in [2.45, 2.75) is 16.7 Å². The number of methoxy groups -OCH3 is 2. The topological polar surface area (TPSA) is 72.0 Å². The first-order valence-corrected chi connectivity index (χ1v) is 10.2. The van der Waals surface area contributed by atoms with Gasteiger partial charge in [0.15, 0.2) is 11.5 Å². The molecule has 1 aliphatic rings. The van der Waals surface area contributed by atoms with Crippen molar-refractivity contribution in [3.8, 4) is 11.5 Å². The van der Waals surface area contributed by atoms with Crippen molar-refractivity contribution in [1.29, 1.82) is 0 Å². The van der Waals surface area contributed by atoms with Gasteiger partial charge in [-0.25, -0.2) is 5.43 Å². The third-order valence-electron chi connectivity index (χ3n) is 4.75. The van der Waals surface area contributed by atoms with E-state index in [1.165, 1.54) is 19.1 Å². The minimum absolute atomic E-state index is 0.355. The molecule has 0 unspecified atom stereocenters. The molecule has 30 heavy (non-hydrogen) atoms. The van der Waals surface area contributed by atoms with Crippen molar-refractivity contribution in [1.82, 2.24) is 5.43 Å². The fourth-order valence-corrected chi connectivity index (χ4v) is 4.16. The highest BCUT2D eigenvalue weighted by Gasteiger charge is 2.17. The van der Waals surface area contributed by atoms with Gasteiger partial charge in [-0.15, -0.1) is 0 Å². The van der Waals surface area contributed by atoms with Crippen LogP contribution in [0, 0.1) is 0 Å². The number of anilines is 2. The van der Waals surface area contributed by atoms with Crippen molar-refractivity contribution in [3.63, 3.8) is 0 Å². The molecule has 0 spiro atoms. The first kappa shape index (κ1) is 19.8. The van der Waals surface area contributed by atoms with E-state index in [1.807, 2.05) is 31.2 Å². The fraction of sp³-hybridized carbons (Fsp3) is 0.130. The lowest BCUT2D eigenvalue weighted by atomic mass is 10.1. The maximum absolute atomic E-state index is 12.6. The number of nitrogens with zero attached hydrogens (tertiary/aromatic N) is 1. The second kappa shape index (κ2) is 8.51. The summed E-state index contributed by atoms with van der Waals surface area (Å²) in [6.07, 6.45) is 0. The van der Waals surface area contributed by atoms with Crippen molar-refractivity contribution >= 4 is 34.8 Å². The number of nitrogens with one attached hydrogen (secondary N) is 2. The number of para-hydroxylation sites is 2. The van der Waals surface area contributed by atoms with Crippen LogP contribution >= 0.6 is 11.8 Å². The molecule has 0 saturated carbocycles. The van der Waals surface area contributed by atoms with Gasteiger partial charge in [0.1, 0.15) is 0 Å². The molecule has 0 radical (unpaired) electrons. The highest BCUT2D eigenvalue weighted by Crippen LogP contribution is 2.44. The van der Waals surface area contributed by atoms with Crippen LogP contribution < -0.4 is 20.2 Å². The molecular weight excluding hydrogens is 398 g/mol. The molecule has 1 heterocycles. The Morgan fingerprint density at radius 2 is 1.77 bits per heavy atom. The summed E-state index contributed by atoms with van der Waals surface area (Å²) >= 11 is 1.73. The van der Waals surface area contributed by atoms with Crippen LogP contribution in [0.3, 0.4) is 0 Å². The zero-order valence-corrected chi connectivity index (χ0v) is 17.7. The van der Waals surface area contributed by atoms with E-state index in [0.29, 0.717) is 22.8 Å².